The highest BCUT2D eigenvalue weighted by Gasteiger charge is 2.27. The SMILES string of the molecule is CC[C@@H](C)NC(=O)C1CC[NH+](Cc2ccc(OC)cc2)CC1. The molecule has 0 spiro atoms. The molecule has 0 radical (unpaired) electrons. The molecule has 0 aromatic heterocycles. The molecule has 2 rings (SSSR count). The number of methoxy groups -OCH3 is 1. The van der Waals surface area contributed by atoms with E-state index in [1.54, 1.807) is 12.0 Å². The van der Waals surface area contributed by atoms with Crippen LogP contribution in [0.15, 0.2) is 24.3 Å². The third kappa shape index (κ3) is 4.73. The van der Waals surface area contributed by atoms with Gasteiger partial charge in [0, 0.05) is 30.4 Å². The van der Waals surface area contributed by atoms with Gasteiger partial charge in [0.1, 0.15) is 12.3 Å². The summed E-state index contributed by atoms with van der Waals surface area (Å²) in [6.45, 7) is 7.35. The number of benzene rings is 1. The summed E-state index contributed by atoms with van der Waals surface area (Å²) in [4.78, 5) is 13.7. The van der Waals surface area contributed by atoms with Crippen molar-refractivity contribution >= 4 is 5.91 Å². The highest BCUT2D eigenvalue weighted by atomic mass is 16.5. The summed E-state index contributed by atoms with van der Waals surface area (Å²) >= 11 is 0. The van der Waals surface area contributed by atoms with Crippen molar-refractivity contribution < 1.29 is 14.4 Å². The van der Waals surface area contributed by atoms with Crippen LogP contribution in [0.25, 0.3) is 0 Å². The average molecular weight is 305 g/mol. The standard InChI is InChI=1S/C18H28N2O2/c1-4-14(2)19-18(21)16-9-11-20(12-10-16)13-15-5-7-17(22-3)8-6-15/h5-8,14,16H,4,9-13H2,1-3H3,(H,19,21)/p+1/t14-/m1/s1. The Morgan fingerprint density at radius 3 is 2.50 bits per heavy atom. The maximum absolute atomic E-state index is 12.2. The molecular weight excluding hydrogens is 276 g/mol. The molecule has 122 valence electrons. The summed E-state index contributed by atoms with van der Waals surface area (Å²) in [5.41, 5.74) is 1.33. The maximum atomic E-state index is 12.2. The van der Waals surface area contributed by atoms with E-state index < -0.39 is 0 Å². The van der Waals surface area contributed by atoms with E-state index >= 15 is 0 Å². The molecule has 1 amide bonds. The van der Waals surface area contributed by atoms with Gasteiger partial charge < -0.3 is 15.0 Å². The molecule has 1 aliphatic rings. The first kappa shape index (κ1) is 16.8. The Hall–Kier alpha value is -1.55. The molecule has 2 N–H and O–H groups in total. The van der Waals surface area contributed by atoms with Gasteiger partial charge in [-0.25, -0.2) is 0 Å². The van der Waals surface area contributed by atoms with E-state index in [0.29, 0.717) is 0 Å². The van der Waals surface area contributed by atoms with Crippen LogP contribution in [-0.2, 0) is 11.3 Å². The third-order valence-corrected chi connectivity index (χ3v) is 4.68. The van der Waals surface area contributed by atoms with Gasteiger partial charge in [0.2, 0.25) is 5.91 Å². The minimum absolute atomic E-state index is 0.202. The van der Waals surface area contributed by atoms with Crippen molar-refractivity contribution in [3.8, 4) is 5.75 Å². The molecule has 1 heterocycles. The van der Waals surface area contributed by atoms with Crippen molar-refractivity contribution in [2.75, 3.05) is 20.2 Å². The van der Waals surface area contributed by atoms with Crippen LogP contribution in [0.2, 0.25) is 0 Å². The average Bonchev–Trinajstić information content (AvgIpc) is 2.56. The Morgan fingerprint density at radius 2 is 1.95 bits per heavy atom. The Kier molecular flexibility index (Phi) is 6.25. The summed E-state index contributed by atoms with van der Waals surface area (Å²) in [6.07, 6.45) is 2.98. The number of rotatable bonds is 6. The number of hydrogen-bond donors (Lipinski definition) is 2. The highest BCUT2D eigenvalue weighted by molar-refractivity contribution is 5.78. The van der Waals surface area contributed by atoms with Gasteiger partial charge in [0.25, 0.3) is 0 Å². The molecule has 1 atom stereocenters. The Balaban J connectivity index is 1.77. The molecule has 0 saturated carbocycles. The first-order valence-corrected chi connectivity index (χ1v) is 8.39. The molecule has 0 bridgehead atoms. The van der Waals surface area contributed by atoms with Gasteiger partial charge in [-0.1, -0.05) is 6.92 Å². The second kappa shape index (κ2) is 8.18. The number of ether oxygens (including phenoxy) is 1. The van der Waals surface area contributed by atoms with Crippen LogP contribution in [0.3, 0.4) is 0 Å². The Bertz CT molecular complexity index is 464. The number of likely N-dealkylation sites (tertiary alicyclic amines) is 1. The van der Waals surface area contributed by atoms with E-state index in [0.717, 1.165) is 44.6 Å². The molecule has 0 unspecified atom stereocenters. The van der Waals surface area contributed by atoms with Gasteiger partial charge >= 0.3 is 0 Å². The molecule has 1 aromatic rings. The van der Waals surface area contributed by atoms with E-state index in [2.05, 4.69) is 31.3 Å². The second-order valence-corrected chi connectivity index (χ2v) is 6.37. The van der Waals surface area contributed by atoms with Crippen LogP contribution in [0, 0.1) is 5.92 Å². The van der Waals surface area contributed by atoms with Crippen molar-refractivity contribution in [3.05, 3.63) is 29.8 Å². The maximum Gasteiger partial charge on any atom is 0.223 e. The molecular formula is C18H29N2O2+. The number of quaternary nitrogens is 1. The zero-order valence-electron chi connectivity index (χ0n) is 14.0. The summed E-state index contributed by atoms with van der Waals surface area (Å²) in [5.74, 6) is 1.35. The first-order valence-electron chi connectivity index (χ1n) is 8.39. The Morgan fingerprint density at radius 1 is 1.32 bits per heavy atom. The van der Waals surface area contributed by atoms with Crippen molar-refractivity contribution in [2.24, 2.45) is 5.92 Å². The number of carbonyl (C=O) groups excluding carboxylic acids is 1. The molecule has 1 aromatic carbocycles. The van der Waals surface area contributed by atoms with Crippen molar-refractivity contribution in [1.29, 1.82) is 0 Å². The third-order valence-electron chi connectivity index (χ3n) is 4.68. The normalized spacial score (nSPS) is 22.9. The van der Waals surface area contributed by atoms with Crippen LogP contribution in [-0.4, -0.2) is 32.1 Å². The summed E-state index contributed by atoms with van der Waals surface area (Å²) in [5, 5.41) is 3.11. The highest BCUT2D eigenvalue weighted by Crippen LogP contribution is 2.13. The Labute approximate surface area is 133 Å². The van der Waals surface area contributed by atoms with Gasteiger partial charge in [-0.05, 0) is 37.6 Å². The lowest BCUT2D eigenvalue weighted by Crippen LogP contribution is -3.11. The van der Waals surface area contributed by atoms with Crippen LogP contribution in [0.4, 0.5) is 0 Å². The summed E-state index contributed by atoms with van der Waals surface area (Å²) < 4.78 is 5.19. The van der Waals surface area contributed by atoms with Crippen molar-refractivity contribution in [2.45, 2.75) is 45.7 Å². The van der Waals surface area contributed by atoms with E-state index in [4.69, 9.17) is 4.74 Å². The molecule has 4 nitrogen and oxygen atoms in total. The number of amides is 1. The minimum atomic E-state index is 0.202. The van der Waals surface area contributed by atoms with Gasteiger partial charge in [0.15, 0.2) is 0 Å². The fourth-order valence-corrected chi connectivity index (χ4v) is 2.96. The van der Waals surface area contributed by atoms with Crippen LogP contribution < -0.4 is 15.0 Å². The van der Waals surface area contributed by atoms with Crippen LogP contribution >= 0.6 is 0 Å². The minimum Gasteiger partial charge on any atom is -0.497 e. The largest absolute Gasteiger partial charge is 0.497 e. The zero-order chi connectivity index (χ0) is 15.9. The lowest BCUT2D eigenvalue weighted by atomic mass is 9.95. The van der Waals surface area contributed by atoms with Gasteiger partial charge in [-0.2, -0.15) is 0 Å². The van der Waals surface area contributed by atoms with Crippen LogP contribution in [0.5, 0.6) is 5.75 Å². The van der Waals surface area contributed by atoms with E-state index in [-0.39, 0.29) is 17.9 Å². The van der Waals surface area contributed by atoms with E-state index in [1.807, 2.05) is 12.1 Å². The van der Waals surface area contributed by atoms with E-state index in [9.17, 15) is 4.79 Å². The molecule has 1 aliphatic heterocycles. The molecule has 1 fully saturated rings. The number of carbonyl (C=O) groups is 1. The summed E-state index contributed by atoms with van der Waals surface area (Å²) in [6, 6.07) is 8.58. The van der Waals surface area contributed by atoms with Gasteiger partial charge in [-0.15, -0.1) is 0 Å². The first-order chi connectivity index (χ1) is 10.6. The monoisotopic (exact) mass is 305 g/mol. The van der Waals surface area contributed by atoms with Crippen molar-refractivity contribution in [1.82, 2.24) is 5.32 Å². The van der Waals surface area contributed by atoms with Gasteiger partial charge in [-0.3, -0.25) is 4.79 Å². The number of piperidine rings is 1. The molecule has 0 aliphatic carbocycles. The van der Waals surface area contributed by atoms with E-state index in [1.165, 1.54) is 5.56 Å². The number of hydrogen-bond acceptors (Lipinski definition) is 2. The van der Waals surface area contributed by atoms with Gasteiger partial charge in [0.05, 0.1) is 20.2 Å². The quantitative estimate of drug-likeness (QED) is 0.834. The molecule has 4 heteroatoms. The predicted molar refractivity (Wildman–Crippen MR) is 88.0 cm³/mol. The van der Waals surface area contributed by atoms with Crippen molar-refractivity contribution in [3.63, 3.8) is 0 Å². The van der Waals surface area contributed by atoms with Crippen LogP contribution in [0.1, 0.15) is 38.7 Å². The fourth-order valence-electron chi connectivity index (χ4n) is 2.96. The predicted octanol–water partition coefficient (Wildman–Crippen LogP) is 1.40. The topological polar surface area (TPSA) is 42.8 Å². The summed E-state index contributed by atoms with van der Waals surface area (Å²) in [7, 11) is 1.69. The second-order valence-electron chi connectivity index (χ2n) is 6.37. The lowest BCUT2D eigenvalue weighted by molar-refractivity contribution is -0.919. The fraction of sp³-hybridized carbons (Fsp3) is 0.611. The molecule has 1 saturated heterocycles. The number of nitrogens with one attached hydrogen (secondary N) is 2. The molecule has 22 heavy (non-hydrogen) atoms. The zero-order valence-corrected chi connectivity index (χ0v) is 14.0. The lowest BCUT2D eigenvalue weighted by Gasteiger charge is -2.29. The smallest absolute Gasteiger partial charge is 0.223 e.